The molecule has 786 valence electrons. The van der Waals surface area contributed by atoms with Crippen LogP contribution < -0.4 is 53.6 Å². The highest BCUT2D eigenvalue weighted by Gasteiger charge is 2.40. The Hall–Kier alpha value is -7.36. The lowest BCUT2D eigenvalue weighted by Crippen LogP contribution is -2.44. The summed E-state index contributed by atoms with van der Waals surface area (Å²) in [4.78, 5) is 179. The van der Waals surface area contributed by atoms with E-state index in [0.717, 1.165) is 35.7 Å². The molecular weight excluding hydrogens is 2640 g/mol. The van der Waals surface area contributed by atoms with Gasteiger partial charge in [-0.1, -0.05) is 42.5 Å². The zero-order chi connectivity index (χ0) is 108. The summed E-state index contributed by atoms with van der Waals surface area (Å²) < 4.78 is 4.72. The fourth-order valence-corrected chi connectivity index (χ4v) is 22.3. The second kappa shape index (κ2) is 74.6. The number of aliphatic carboxylic acids is 2. The van der Waals surface area contributed by atoms with E-state index in [1.165, 1.54) is 103 Å². The average Bonchev–Trinajstić information content (AvgIpc) is 1.62. The molecule has 0 spiro atoms. The maximum atomic E-state index is 13.3. The van der Waals surface area contributed by atoms with E-state index in [4.69, 9.17) is 26.5 Å². The number of Topliss-reactive ketones (excluding diaryl/α,β-unsaturated/α-hetero) is 5. The van der Waals surface area contributed by atoms with Crippen molar-refractivity contribution < 1.29 is 78.0 Å². The number of fused-ring (bicyclic) bond motifs is 1. The number of aliphatic hydroxyl groups is 2. The zero-order valence-electron chi connectivity index (χ0n) is 76.1. The van der Waals surface area contributed by atoms with E-state index in [-0.39, 0.29) is 124 Å². The SMILES string of the molecule is CC(=O)C(=N)c1cc(-c2cnc(C)nc2)ccc1NCC(=O)O.CC(=O)c1nn(CC(=O)N2CC(=O)C[C@H]2C(=O)Nc2cccc(Br)n2)c2ccc(-c3cnc(C)nc3)cc12.Nc1cccc(Br)n1.O=C(Nc1cccc(Br)n1)[C@@H]1C[C@@H](O)CN1.O=C(O)[C@@H]1C[C@@H](O)CN1.O=C1CN[C@H](C(=O)Nc2cccc(Br)n2)C1.O=C1CN[C@H](C(=O)Nc2cccc(Br)n2)C1.S.S=S.S=S=S.S=S=S=S.S=S=S=S=S.S=S=S=S=S=S. The van der Waals surface area contributed by atoms with Gasteiger partial charge in [0.1, 0.15) is 112 Å². The average molecular weight is 2720 g/mol. The summed E-state index contributed by atoms with van der Waals surface area (Å²) in [5.74, 6) is -0.681. The van der Waals surface area contributed by atoms with E-state index < -0.39 is 65.9 Å². The van der Waals surface area contributed by atoms with Crippen molar-refractivity contribution in [3.8, 4) is 22.3 Å². The van der Waals surface area contributed by atoms with Gasteiger partial charge in [0.15, 0.2) is 17.3 Å². The summed E-state index contributed by atoms with van der Waals surface area (Å²) in [5.41, 5.74) is 9.76. The van der Waals surface area contributed by atoms with Gasteiger partial charge in [0.2, 0.25) is 29.5 Å². The number of benzene rings is 2. The fourth-order valence-electron chi connectivity index (χ4n) is 12.3. The van der Waals surface area contributed by atoms with Crippen LogP contribution >= 0.6 is 93.1 Å². The molecule has 8 aromatic heterocycles. The van der Waals surface area contributed by atoms with Crippen molar-refractivity contribution in [1.29, 1.82) is 5.41 Å². The number of nitrogens with zero attached hydrogens (tertiary/aromatic N) is 12. The molecule has 0 unspecified atom stereocenters. The van der Waals surface area contributed by atoms with Crippen LogP contribution in [0.3, 0.4) is 0 Å². The summed E-state index contributed by atoms with van der Waals surface area (Å²) >= 11 is 58.2. The molecule has 2 aromatic carbocycles. The monoisotopic (exact) mass is 2710 g/mol. The van der Waals surface area contributed by atoms with Gasteiger partial charge in [-0.2, -0.15) is 18.6 Å². The van der Waals surface area contributed by atoms with Crippen LogP contribution in [0.2, 0.25) is 0 Å². The number of ketones is 5. The Morgan fingerprint density at radius 2 is 0.891 bits per heavy atom. The lowest BCUT2D eigenvalue weighted by atomic mass is 9.99. The number of carbonyl (C=O) groups excluding carboxylic acids is 10. The molecule has 5 fully saturated rings. The predicted octanol–water partition coefficient (Wildman–Crippen LogP) is 7.09. The molecule has 5 saturated heterocycles. The number of carboxylic acids is 2. The first-order valence-corrected chi connectivity index (χ1v) is 64.8. The molecule has 39 nitrogen and oxygen atoms in total. The number of nitrogens with one attached hydrogen (secondary N) is 10. The molecule has 0 saturated carbocycles. The number of anilines is 6. The number of nitrogen functional groups attached to an aromatic ring is 1. The smallest absolute Gasteiger partial charge is 0.322 e. The minimum Gasteiger partial charge on any atom is -0.480 e. The highest BCUT2D eigenvalue weighted by molar-refractivity contribution is 9.11. The minimum absolute atomic E-state index is 0. The molecule has 15 rings (SSSR count). The first kappa shape index (κ1) is 134. The number of halogens is 5. The number of β-amino-alcohol motifs (C(OH)–C–C–N with tert-alkyl or cyclic N) is 2. The van der Waals surface area contributed by atoms with E-state index >= 15 is 0 Å². The summed E-state index contributed by atoms with van der Waals surface area (Å²) in [5, 5.41) is 72.8. The molecule has 0 aliphatic carbocycles. The van der Waals surface area contributed by atoms with Crippen molar-refractivity contribution in [3.05, 3.63) is 198 Å². The molecule has 0 bridgehead atoms. The number of nitrogens with two attached hydrogens (primary N) is 1. The maximum absolute atomic E-state index is 13.3. The van der Waals surface area contributed by atoms with Crippen LogP contribution in [0.25, 0.3) is 33.2 Å². The summed E-state index contributed by atoms with van der Waals surface area (Å²) in [6.07, 6.45) is 6.97. The third kappa shape index (κ3) is 51.8. The summed E-state index contributed by atoms with van der Waals surface area (Å²) in [7, 11) is 12.8. The Morgan fingerprint density at radius 3 is 1.22 bits per heavy atom. The zero-order valence-corrected chi connectivity index (χ0v) is 101. The number of aromatic nitrogens is 11. The molecule has 0 radical (unpaired) electrons. The van der Waals surface area contributed by atoms with Gasteiger partial charge in [0.05, 0.1) is 55.5 Å². The van der Waals surface area contributed by atoms with Crippen molar-refractivity contribution >= 4 is 416 Å². The normalized spacial score (nSPS) is 15.8. The minimum atomic E-state index is -1.03. The first-order valence-electron chi connectivity index (χ1n) is 40.8. The number of aryl methyl sites for hydroxylation is 2. The van der Waals surface area contributed by atoms with Crippen molar-refractivity contribution in [1.82, 2.24) is 80.8 Å². The topological polar surface area (TPSA) is 581 Å². The quantitative estimate of drug-likeness (QED) is 0.0218. The van der Waals surface area contributed by atoms with E-state index in [2.05, 4.69) is 289 Å². The van der Waals surface area contributed by atoms with Crippen LogP contribution in [0.1, 0.15) is 73.7 Å². The molecule has 5 aliphatic heterocycles. The number of rotatable bonds is 19. The Bertz CT molecular complexity index is 6650. The third-order valence-corrected chi connectivity index (χ3v) is 34.2. The van der Waals surface area contributed by atoms with Gasteiger partial charge in [0.25, 0.3) is 0 Å². The van der Waals surface area contributed by atoms with Crippen LogP contribution in [-0.4, -0.2) is 238 Å². The van der Waals surface area contributed by atoms with Gasteiger partial charge in [-0.25, -0.2) is 44.9 Å². The summed E-state index contributed by atoms with van der Waals surface area (Å²) in [6, 6.07) is 34.0. The van der Waals surface area contributed by atoms with Gasteiger partial charge >= 0.3 is 11.9 Å². The number of likely N-dealkylation sites (tertiary alicyclic amines) is 1. The first-order chi connectivity index (χ1) is 69.7. The highest BCUT2D eigenvalue weighted by atomic mass is 79.9. The van der Waals surface area contributed by atoms with Crippen LogP contribution in [0.15, 0.2) is 175 Å². The van der Waals surface area contributed by atoms with Crippen molar-refractivity contribution in [2.75, 3.05) is 71.6 Å². The third-order valence-electron chi connectivity index (χ3n) is 18.6. The number of hydrogen-bond acceptors (Lipinski definition) is 41. The van der Waals surface area contributed by atoms with Gasteiger partial charge in [0, 0.05) is 306 Å². The van der Waals surface area contributed by atoms with Gasteiger partial charge < -0.3 is 68.3 Å². The van der Waals surface area contributed by atoms with E-state index in [1.54, 1.807) is 142 Å². The van der Waals surface area contributed by atoms with E-state index in [1.807, 2.05) is 24.3 Å². The van der Waals surface area contributed by atoms with Crippen molar-refractivity contribution in [2.45, 2.75) is 109 Å². The molecule has 5 aliphatic rings. The molecule has 147 heavy (non-hydrogen) atoms. The second-order valence-corrected chi connectivity index (χ2v) is 50.6. The van der Waals surface area contributed by atoms with Crippen molar-refractivity contribution in [2.24, 2.45) is 0 Å². The van der Waals surface area contributed by atoms with Crippen LogP contribution in [-0.2, 0) is 260 Å². The molecule has 16 N–H and O–H groups in total. The number of carboxylic acid groups (broad SMARTS) is 2. The molecule has 5 amide bonds. The number of hydrogen-bond donors (Lipinski definition) is 15. The Balaban J connectivity index is 0.000000446. The molecule has 13 heterocycles. The molecule has 65 heteroatoms. The molecule has 10 aromatic rings. The predicted molar refractivity (Wildman–Crippen MR) is 638 cm³/mol. The maximum Gasteiger partial charge on any atom is 0.322 e. The number of amides is 5. The lowest BCUT2D eigenvalue weighted by molar-refractivity contribution is -0.139. The molecular formula is C82H86Br5N23O16S21. The standard InChI is InChI=1S/C26H22BrN7O4.C16H16N4O3.C10H12BrN3O2.2C10H10BrN3O2.C5H5BrN2.C5H9NO3.S6.S5.S4.S3.S2.H2S/c1-14(35)25-19-8-16(17-10-28-15(2)29-11-17)6-7-20(19)34(32-25)13-24(37)33-12-18(36)9-21(33)26(38)31-23-5-3-4-22(27)30-23;1-9(21)16(17)13-5-11(12-6-18-10(2)19-7-12)3-4-14(13)20-8-15(22)23;3*11-8-2-1-3-9(13-8)14-10(16)7-4-6(15)5-12-7;6-4-2-1-3-5(7)8-4;7-3-1-4(5(8)9)6-2-3;1-3-5-6-4-2;1-3-5-4-2;1-3-4-2;1-3-2;1-2;/h3-8,10-11,21H,9,12-13H2,1-2H3,(H,30,31,38);3-7,17,20H,8H2,1-2H3,(H,22,23);1-3,6-7,12,15H,4-5H2,(H,13,14,16);2*1-3,7,12H,4-5H2,(H,13,14,16);1-3H,(H2,7,8);3-4,6-7H,1-2H2,(H,8,9);;;;;;1H2/t21-;;6-,7+;2*7-;;3-,4+;;;;;;/m0.100.1....../s1. The summed E-state index contributed by atoms with van der Waals surface area (Å²) in [6.45, 7) is 6.94. The lowest BCUT2D eigenvalue weighted by Gasteiger charge is -2.23. The van der Waals surface area contributed by atoms with Gasteiger partial charge in [-0.3, -0.25) is 78.3 Å². The molecule has 7 atom stereocenters. The Kier molecular flexibility index (Phi) is 67.9. The number of aliphatic hydroxyl groups excluding tert-OH is 2. The van der Waals surface area contributed by atoms with Gasteiger partial charge in [-0.15, -0.1) is 0 Å². The number of carbonyl (C=O) groups is 12. The van der Waals surface area contributed by atoms with E-state index in [0.29, 0.717) is 107 Å². The van der Waals surface area contributed by atoms with E-state index in [9.17, 15) is 62.6 Å². The fraction of sp³-hybridized carbons (Fsp3) is 0.280. The Morgan fingerprint density at radius 1 is 0.497 bits per heavy atom. The van der Waals surface area contributed by atoms with Crippen molar-refractivity contribution in [3.63, 3.8) is 0 Å². The van der Waals surface area contributed by atoms with Crippen LogP contribution in [0, 0.1) is 19.3 Å². The second-order valence-electron chi connectivity index (χ2n) is 28.8. The number of pyridine rings is 5. The van der Waals surface area contributed by atoms with Crippen LogP contribution in [0.4, 0.5) is 34.8 Å². The van der Waals surface area contributed by atoms with Crippen LogP contribution in [0.5, 0.6) is 0 Å². The Labute approximate surface area is 968 Å². The largest absolute Gasteiger partial charge is 0.480 e. The van der Waals surface area contributed by atoms with Gasteiger partial charge in [-0.05, 0) is 196 Å². The highest BCUT2D eigenvalue weighted by Crippen LogP contribution is 2.30.